The summed E-state index contributed by atoms with van der Waals surface area (Å²) in [6.07, 6.45) is 0.779. The van der Waals surface area contributed by atoms with E-state index in [1.807, 2.05) is 32.9 Å². The van der Waals surface area contributed by atoms with Gasteiger partial charge in [0, 0.05) is 4.47 Å². The van der Waals surface area contributed by atoms with Crippen LogP contribution >= 0.6 is 27.5 Å². The summed E-state index contributed by atoms with van der Waals surface area (Å²) in [5.41, 5.74) is 1.56. The molecule has 1 saturated heterocycles. The average Bonchev–Trinajstić information content (AvgIpc) is 3.26. The fourth-order valence-electron chi connectivity index (χ4n) is 4.61. The van der Waals surface area contributed by atoms with E-state index in [2.05, 4.69) is 31.6 Å². The van der Waals surface area contributed by atoms with Crippen LogP contribution in [0.5, 0.6) is 0 Å². The summed E-state index contributed by atoms with van der Waals surface area (Å²) >= 11 is 9.43. The third-order valence-electron chi connectivity index (χ3n) is 6.25. The maximum absolute atomic E-state index is 15.8. The van der Waals surface area contributed by atoms with Crippen LogP contribution in [-0.2, 0) is 15.2 Å². The number of aryl methyl sites for hydroxylation is 3. The van der Waals surface area contributed by atoms with E-state index in [0.717, 1.165) is 16.7 Å². The normalized spacial score (nSPS) is 15.6. The summed E-state index contributed by atoms with van der Waals surface area (Å²) < 4.78 is 23.4. The molecule has 2 heterocycles. The third-order valence-corrected chi connectivity index (χ3v) is 7.46. The molecular weight excluding hydrogens is 577 g/mol. The minimum atomic E-state index is -1.87. The lowest BCUT2D eigenvalue weighted by molar-refractivity contribution is -0.149. The molecule has 1 atom stereocenters. The molecule has 4 rings (SSSR count). The molecule has 1 aliphatic heterocycles. The topological polar surface area (TPSA) is 89.4 Å². The van der Waals surface area contributed by atoms with Crippen LogP contribution < -0.4 is 5.32 Å². The molecule has 1 N–H and O–H groups in total. The Morgan fingerprint density at radius 2 is 1.79 bits per heavy atom. The van der Waals surface area contributed by atoms with Gasteiger partial charge in [-0.05, 0) is 92.4 Å². The number of nitrogens with one attached hydrogen (secondary N) is 1. The summed E-state index contributed by atoms with van der Waals surface area (Å²) in [7, 11) is 0. The second-order valence-corrected chi connectivity index (χ2v) is 12.0. The van der Waals surface area contributed by atoms with Crippen molar-refractivity contribution in [3.05, 3.63) is 74.0 Å². The lowest BCUT2D eigenvalue weighted by atomic mass is 9.89. The number of ether oxygens (including phenoxy) is 1. The Balaban J connectivity index is 1.55. The second-order valence-electron chi connectivity index (χ2n) is 10.7. The van der Waals surface area contributed by atoms with Gasteiger partial charge in [0.25, 0.3) is 0 Å². The van der Waals surface area contributed by atoms with Crippen molar-refractivity contribution < 1.29 is 18.7 Å². The molecule has 1 aromatic heterocycles. The largest absolute Gasteiger partial charge is 0.444 e. The van der Waals surface area contributed by atoms with Gasteiger partial charge in [-0.2, -0.15) is 0 Å². The summed E-state index contributed by atoms with van der Waals surface area (Å²) in [4.78, 5) is 27.7. The van der Waals surface area contributed by atoms with E-state index in [9.17, 15) is 9.59 Å². The Morgan fingerprint density at radius 1 is 1.16 bits per heavy atom. The monoisotopic (exact) mass is 605 g/mol. The number of carbonyl (C=O) groups excluding carboxylic acids is 2. The van der Waals surface area contributed by atoms with Crippen LogP contribution in [0.25, 0.3) is 5.69 Å². The highest BCUT2D eigenvalue weighted by Crippen LogP contribution is 2.38. The van der Waals surface area contributed by atoms with Crippen molar-refractivity contribution in [2.75, 3.05) is 13.1 Å². The molecule has 0 aliphatic carbocycles. The van der Waals surface area contributed by atoms with Crippen LogP contribution in [0.15, 0.2) is 41.0 Å². The minimum Gasteiger partial charge on any atom is -0.444 e. The summed E-state index contributed by atoms with van der Waals surface area (Å²) in [5, 5.41) is 11.3. The van der Waals surface area contributed by atoms with Gasteiger partial charge >= 0.3 is 6.09 Å². The summed E-state index contributed by atoms with van der Waals surface area (Å²) in [5.74, 6) is -0.423. The van der Waals surface area contributed by atoms with Crippen LogP contribution in [0.2, 0.25) is 5.02 Å². The molecule has 8 nitrogen and oxygen atoms in total. The molecule has 2 amide bonds. The maximum Gasteiger partial charge on any atom is 0.408 e. The molecule has 0 spiro atoms. The Bertz CT molecular complexity index is 1370. The van der Waals surface area contributed by atoms with Crippen LogP contribution in [0.4, 0.5) is 9.18 Å². The van der Waals surface area contributed by atoms with Crippen molar-refractivity contribution in [1.82, 2.24) is 25.2 Å². The number of carbonyl (C=O) groups is 2. The first-order chi connectivity index (χ1) is 17.7. The van der Waals surface area contributed by atoms with Crippen molar-refractivity contribution in [1.29, 1.82) is 0 Å². The predicted octanol–water partition coefficient (Wildman–Crippen LogP) is 5.88. The molecule has 202 valence electrons. The first-order valence-electron chi connectivity index (χ1n) is 12.1. The van der Waals surface area contributed by atoms with E-state index in [1.165, 1.54) is 15.8 Å². The van der Waals surface area contributed by atoms with Crippen molar-refractivity contribution >= 4 is 39.5 Å². The highest BCUT2D eigenvalue weighted by atomic mass is 79.9. The van der Waals surface area contributed by atoms with E-state index in [0.29, 0.717) is 20.7 Å². The van der Waals surface area contributed by atoms with Crippen molar-refractivity contribution in [3.63, 3.8) is 0 Å². The van der Waals surface area contributed by atoms with Crippen LogP contribution in [0.1, 0.15) is 54.8 Å². The lowest BCUT2D eigenvalue weighted by Gasteiger charge is -2.44. The van der Waals surface area contributed by atoms with Crippen molar-refractivity contribution in [3.8, 4) is 5.69 Å². The molecule has 38 heavy (non-hydrogen) atoms. The van der Waals surface area contributed by atoms with E-state index in [-0.39, 0.29) is 18.8 Å². The molecule has 2 aromatic carbocycles. The van der Waals surface area contributed by atoms with Crippen LogP contribution in [-0.4, -0.2) is 50.6 Å². The molecule has 3 aromatic rings. The number of benzene rings is 2. The quantitative estimate of drug-likeness (QED) is 0.392. The zero-order valence-corrected chi connectivity index (χ0v) is 24.4. The molecule has 0 bridgehead atoms. The average molecular weight is 607 g/mol. The van der Waals surface area contributed by atoms with Gasteiger partial charge < -0.3 is 15.0 Å². The predicted molar refractivity (Wildman–Crippen MR) is 146 cm³/mol. The molecule has 11 heteroatoms. The Labute approximate surface area is 234 Å². The fraction of sp³-hybridized carbons (Fsp3) is 0.407. The molecule has 1 unspecified atom stereocenters. The van der Waals surface area contributed by atoms with E-state index in [4.69, 9.17) is 16.3 Å². The standard InChI is InChI=1S/C27H30BrClFN5O3/c1-15-9-16(2)22(17(3)10-15)23(31-25(37)38-26(4,5)6)24(36)34-13-27(30,14-34)21-12-35(33-32-21)18-7-8-20(29)19(28)11-18/h7-12,23H,13-14H2,1-6H3,(H,31,37). The van der Waals surface area contributed by atoms with Gasteiger partial charge in [0.15, 0.2) is 5.67 Å². The maximum atomic E-state index is 15.8. The first-order valence-corrected chi connectivity index (χ1v) is 13.3. The summed E-state index contributed by atoms with van der Waals surface area (Å²) in [6, 6.07) is 8.06. The fourth-order valence-corrected chi connectivity index (χ4v) is 5.10. The van der Waals surface area contributed by atoms with E-state index < -0.39 is 29.3 Å². The lowest BCUT2D eigenvalue weighted by Crippen LogP contribution is -2.61. The number of aromatic nitrogens is 3. The molecule has 0 radical (unpaired) electrons. The second kappa shape index (κ2) is 10.3. The Kier molecular flexibility index (Phi) is 7.60. The number of rotatable bonds is 5. The molecule has 1 fully saturated rings. The molecule has 1 aliphatic rings. The number of hydrogen-bond acceptors (Lipinski definition) is 5. The number of alkyl halides is 1. The van der Waals surface area contributed by atoms with Crippen LogP contribution in [0.3, 0.4) is 0 Å². The Morgan fingerprint density at radius 3 is 2.37 bits per heavy atom. The number of likely N-dealkylation sites (tertiary alicyclic amines) is 1. The molecular formula is C27H30BrClFN5O3. The van der Waals surface area contributed by atoms with Gasteiger partial charge in [-0.3, -0.25) is 4.79 Å². The number of halogens is 3. The smallest absolute Gasteiger partial charge is 0.408 e. The van der Waals surface area contributed by atoms with E-state index >= 15 is 4.39 Å². The van der Waals surface area contributed by atoms with Gasteiger partial charge in [-0.15, -0.1) is 5.10 Å². The zero-order chi connectivity index (χ0) is 28.0. The number of amides is 2. The zero-order valence-electron chi connectivity index (χ0n) is 22.1. The van der Waals surface area contributed by atoms with Gasteiger partial charge in [-0.25, -0.2) is 13.9 Å². The van der Waals surface area contributed by atoms with Gasteiger partial charge in [0.05, 0.1) is 30.0 Å². The number of hydrogen-bond donors (Lipinski definition) is 1. The van der Waals surface area contributed by atoms with E-state index in [1.54, 1.807) is 39.0 Å². The first kappa shape index (κ1) is 28.0. The number of nitrogens with zero attached hydrogens (tertiary/aromatic N) is 4. The SMILES string of the molecule is Cc1cc(C)c(C(NC(=O)OC(C)(C)C)C(=O)N2CC(F)(c3cn(-c4ccc(Cl)c(Br)c4)nn3)C2)c(C)c1. The van der Waals surface area contributed by atoms with Gasteiger partial charge in [-0.1, -0.05) is 34.5 Å². The van der Waals surface area contributed by atoms with Crippen molar-refractivity contribution in [2.45, 2.75) is 58.9 Å². The molecule has 0 saturated carbocycles. The van der Waals surface area contributed by atoms with Gasteiger partial charge in [0.1, 0.15) is 17.3 Å². The summed E-state index contributed by atoms with van der Waals surface area (Å²) in [6.45, 7) is 10.5. The number of alkyl carbamates (subject to hydrolysis) is 1. The van der Waals surface area contributed by atoms with Crippen molar-refractivity contribution in [2.24, 2.45) is 0 Å². The van der Waals surface area contributed by atoms with Crippen LogP contribution in [0, 0.1) is 20.8 Å². The highest BCUT2D eigenvalue weighted by Gasteiger charge is 2.51. The van der Waals surface area contributed by atoms with Gasteiger partial charge in [0.2, 0.25) is 5.91 Å². The third kappa shape index (κ3) is 5.86. The minimum absolute atomic E-state index is 0.118. The highest BCUT2D eigenvalue weighted by molar-refractivity contribution is 9.10. The Hall–Kier alpha value is -2.98.